The molecule has 4 heteroatoms. The van der Waals surface area contributed by atoms with Crippen LogP contribution in [0.3, 0.4) is 0 Å². The van der Waals surface area contributed by atoms with Gasteiger partial charge >= 0.3 is 5.97 Å². The van der Waals surface area contributed by atoms with E-state index < -0.39 is 11.8 Å². The predicted octanol–water partition coefficient (Wildman–Crippen LogP) is 3.82. The highest BCUT2D eigenvalue weighted by molar-refractivity contribution is 5.91. The van der Waals surface area contributed by atoms with E-state index in [0.29, 0.717) is 22.4 Å². The van der Waals surface area contributed by atoms with Crippen LogP contribution in [0.2, 0.25) is 0 Å². The van der Waals surface area contributed by atoms with Crippen LogP contribution >= 0.6 is 0 Å². The van der Waals surface area contributed by atoms with Gasteiger partial charge in [-0.3, -0.25) is 0 Å². The second-order valence-electron chi connectivity index (χ2n) is 4.63. The fraction of sp³-hybridized carbons (Fsp3) is 0.188. The SMILES string of the molecule is COc1ccc(-c2cc(C(=O)O)c(C)cc2C)c(F)c1. The summed E-state index contributed by atoms with van der Waals surface area (Å²) in [5.74, 6) is -1.03. The minimum Gasteiger partial charge on any atom is -0.497 e. The smallest absolute Gasteiger partial charge is 0.335 e. The first-order chi connectivity index (χ1) is 9.43. The molecule has 20 heavy (non-hydrogen) atoms. The maximum atomic E-state index is 14.1. The number of carboxylic acids is 1. The van der Waals surface area contributed by atoms with E-state index in [0.717, 1.165) is 5.56 Å². The van der Waals surface area contributed by atoms with Crippen molar-refractivity contribution < 1.29 is 19.0 Å². The normalized spacial score (nSPS) is 10.4. The molecule has 104 valence electrons. The first-order valence-electron chi connectivity index (χ1n) is 6.12. The quantitative estimate of drug-likeness (QED) is 0.925. The summed E-state index contributed by atoms with van der Waals surface area (Å²) in [6.07, 6.45) is 0. The van der Waals surface area contributed by atoms with Crippen molar-refractivity contribution in [3.63, 3.8) is 0 Å². The van der Waals surface area contributed by atoms with Crippen molar-refractivity contribution in [3.05, 3.63) is 52.8 Å². The summed E-state index contributed by atoms with van der Waals surface area (Å²) in [6, 6.07) is 7.80. The molecule has 0 atom stereocenters. The summed E-state index contributed by atoms with van der Waals surface area (Å²) in [5.41, 5.74) is 2.61. The van der Waals surface area contributed by atoms with Gasteiger partial charge in [-0.1, -0.05) is 6.07 Å². The Bertz CT molecular complexity index is 678. The van der Waals surface area contributed by atoms with Crippen LogP contribution in [0.5, 0.6) is 5.75 Å². The van der Waals surface area contributed by atoms with Crippen molar-refractivity contribution in [1.82, 2.24) is 0 Å². The molecule has 2 aromatic carbocycles. The molecule has 0 aromatic heterocycles. The van der Waals surface area contributed by atoms with E-state index in [1.54, 1.807) is 25.1 Å². The van der Waals surface area contributed by atoms with Crippen molar-refractivity contribution in [1.29, 1.82) is 0 Å². The molecule has 0 radical (unpaired) electrons. The van der Waals surface area contributed by atoms with E-state index in [4.69, 9.17) is 9.84 Å². The number of aryl methyl sites for hydroxylation is 2. The van der Waals surface area contributed by atoms with Crippen LogP contribution in [0.15, 0.2) is 30.3 Å². The molecule has 0 aliphatic rings. The van der Waals surface area contributed by atoms with Gasteiger partial charge in [0.25, 0.3) is 0 Å². The predicted molar refractivity (Wildman–Crippen MR) is 74.8 cm³/mol. The van der Waals surface area contributed by atoms with Gasteiger partial charge in [0.2, 0.25) is 0 Å². The number of carboxylic acid groups (broad SMARTS) is 1. The van der Waals surface area contributed by atoms with Gasteiger partial charge in [0.1, 0.15) is 11.6 Å². The lowest BCUT2D eigenvalue weighted by molar-refractivity contribution is 0.0696. The van der Waals surface area contributed by atoms with Crippen molar-refractivity contribution in [3.8, 4) is 16.9 Å². The molecule has 0 saturated carbocycles. The van der Waals surface area contributed by atoms with Crippen LogP contribution in [-0.4, -0.2) is 18.2 Å². The van der Waals surface area contributed by atoms with Crippen LogP contribution in [0.25, 0.3) is 11.1 Å². The molecule has 0 heterocycles. The van der Waals surface area contributed by atoms with Gasteiger partial charge in [0.15, 0.2) is 0 Å². The number of halogens is 1. The number of aromatic carboxylic acids is 1. The monoisotopic (exact) mass is 274 g/mol. The largest absolute Gasteiger partial charge is 0.497 e. The summed E-state index contributed by atoms with van der Waals surface area (Å²) in [4.78, 5) is 11.2. The van der Waals surface area contributed by atoms with Crippen molar-refractivity contribution in [2.75, 3.05) is 7.11 Å². The highest BCUT2D eigenvalue weighted by Crippen LogP contribution is 2.30. The molecule has 0 unspecified atom stereocenters. The molecule has 0 spiro atoms. The fourth-order valence-electron chi connectivity index (χ4n) is 2.21. The van der Waals surface area contributed by atoms with E-state index in [1.165, 1.54) is 19.2 Å². The molecule has 2 rings (SSSR count). The fourth-order valence-corrected chi connectivity index (χ4v) is 2.21. The summed E-state index contributed by atoms with van der Waals surface area (Å²) in [5, 5.41) is 9.17. The Morgan fingerprint density at radius 3 is 2.35 bits per heavy atom. The molecule has 3 nitrogen and oxygen atoms in total. The number of benzene rings is 2. The summed E-state index contributed by atoms with van der Waals surface area (Å²) < 4.78 is 19.1. The molecule has 2 aromatic rings. The van der Waals surface area contributed by atoms with Gasteiger partial charge in [-0.2, -0.15) is 0 Å². The van der Waals surface area contributed by atoms with Crippen molar-refractivity contribution in [2.24, 2.45) is 0 Å². The number of ether oxygens (including phenoxy) is 1. The minimum absolute atomic E-state index is 0.181. The number of methoxy groups -OCH3 is 1. The van der Waals surface area contributed by atoms with E-state index in [1.807, 2.05) is 6.92 Å². The zero-order valence-electron chi connectivity index (χ0n) is 11.5. The number of carbonyl (C=O) groups is 1. The van der Waals surface area contributed by atoms with Gasteiger partial charge in [-0.25, -0.2) is 9.18 Å². The lowest BCUT2D eigenvalue weighted by atomic mass is 9.94. The number of hydrogen-bond donors (Lipinski definition) is 1. The van der Waals surface area contributed by atoms with Crippen LogP contribution in [-0.2, 0) is 0 Å². The number of rotatable bonds is 3. The molecule has 1 N–H and O–H groups in total. The summed E-state index contributed by atoms with van der Waals surface area (Å²) in [6.45, 7) is 3.56. The molecular formula is C16H15FO3. The maximum absolute atomic E-state index is 14.1. The van der Waals surface area contributed by atoms with Crippen LogP contribution in [0.1, 0.15) is 21.5 Å². The van der Waals surface area contributed by atoms with Gasteiger partial charge in [-0.05, 0) is 48.7 Å². The van der Waals surface area contributed by atoms with Gasteiger partial charge in [-0.15, -0.1) is 0 Å². The molecule has 0 bridgehead atoms. The molecule has 0 amide bonds. The Kier molecular flexibility index (Phi) is 3.74. The highest BCUT2D eigenvalue weighted by atomic mass is 19.1. The zero-order chi connectivity index (χ0) is 14.9. The van der Waals surface area contributed by atoms with Crippen molar-refractivity contribution in [2.45, 2.75) is 13.8 Å². The standard InChI is InChI=1S/C16H15FO3/c1-9-6-10(2)14(16(18)19)8-13(9)12-5-4-11(20-3)7-15(12)17/h4-8H,1-3H3,(H,18,19). The van der Waals surface area contributed by atoms with Crippen LogP contribution in [0.4, 0.5) is 4.39 Å². The topological polar surface area (TPSA) is 46.5 Å². The first-order valence-corrected chi connectivity index (χ1v) is 6.12. The molecular weight excluding hydrogens is 259 g/mol. The Morgan fingerprint density at radius 1 is 1.10 bits per heavy atom. The van der Waals surface area contributed by atoms with Crippen LogP contribution in [0, 0.1) is 19.7 Å². The Morgan fingerprint density at radius 2 is 1.80 bits per heavy atom. The first kappa shape index (κ1) is 14.1. The average Bonchev–Trinajstić information content (AvgIpc) is 2.39. The molecule has 0 aliphatic heterocycles. The Hall–Kier alpha value is -2.36. The average molecular weight is 274 g/mol. The van der Waals surface area contributed by atoms with Gasteiger partial charge < -0.3 is 9.84 Å². The zero-order valence-corrected chi connectivity index (χ0v) is 11.5. The second-order valence-corrected chi connectivity index (χ2v) is 4.63. The summed E-state index contributed by atoms with van der Waals surface area (Å²) >= 11 is 0. The minimum atomic E-state index is -1.02. The summed E-state index contributed by atoms with van der Waals surface area (Å²) in [7, 11) is 1.47. The van der Waals surface area contributed by atoms with Gasteiger partial charge in [0.05, 0.1) is 12.7 Å². The second kappa shape index (κ2) is 5.33. The lowest BCUT2D eigenvalue weighted by Crippen LogP contribution is -2.02. The maximum Gasteiger partial charge on any atom is 0.335 e. The van der Waals surface area contributed by atoms with E-state index >= 15 is 0 Å². The van der Waals surface area contributed by atoms with E-state index in [2.05, 4.69) is 0 Å². The van der Waals surface area contributed by atoms with E-state index in [-0.39, 0.29) is 5.56 Å². The van der Waals surface area contributed by atoms with Gasteiger partial charge in [0, 0.05) is 11.6 Å². The Balaban J connectivity index is 2.63. The Labute approximate surface area is 116 Å². The van der Waals surface area contributed by atoms with Crippen LogP contribution < -0.4 is 4.74 Å². The lowest BCUT2D eigenvalue weighted by Gasteiger charge is -2.12. The molecule has 0 fully saturated rings. The molecule has 0 saturated heterocycles. The van der Waals surface area contributed by atoms with Crippen molar-refractivity contribution >= 4 is 5.97 Å². The third kappa shape index (κ3) is 2.50. The number of hydrogen-bond acceptors (Lipinski definition) is 2. The third-order valence-corrected chi connectivity index (χ3v) is 3.27. The highest BCUT2D eigenvalue weighted by Gasteiger charge is 2.14. The third-order valence-electron chi connectivity index (χ3n) is 3.27. The molecule has 0 aliphatic carbocycles. The van der Waals surface area contributed by atoms with E-state index in [9.17, 15) is 9.18 Å².